The van der Waals surface area contributed by atoms with Gasteiger partial charge in [-0.3, -0.25) is 4.79 Å². The number of amides is 1. The first-order valence-corrected chi connectivity index (χ1v) is 10.8. The van der Waals surface area contributed by atoms with Crippen LogP contribution in [0.1, 0.15) is 18.4 Å². The number of hydrogen-bond donors (Lipinski definition) is 1. The molecule has 11 heteroatoms. The fraction of sp³-hybridized carbons (Fsp3) is 0.211. The van der Waals surface area contributed by atoms with Gasteiger partial charge in [0, 0.05) is 17.8 Å². The molecule has 0 spiro atoms. The summed E-state index contributed by atoms with van der Waals surface area (Å²) in [6.07, 6.45) is 2.88. The monoisotopic (exact) mass is 423 g/mol. The molecule has 1 saturated heterocycles. The van der Waals surface area contributed by atoms with Crippen molar-refractivity contribution in [3.05, 3.63) is 60.4 Å². The van der Waals surface area contributed by atoms with E-state index in [1.54, 1.807) is 53.4 Å². The van der Waals surface area contributed by atoms with Crippen molar-refractivity contribution in [1.82, 2.24) is 25.1 Å². The molecule has 1 fully saturated rings. The summed E-state index contributed by atoms with van der Waals surface area (Å²) in [5.74, 6) is 0.143. The molecule has 0 saturated carbocycles. The number of carbonyl (C=O) groups is 1. The summed E-state index contributed by atoms with van der Waals surface area (Å²) in [6, 6.07) is 13.3. The van der Waals surface area contributed by atoms with Gasteiger partial charge in [0.2, 0.25) is 5.91 Å². The molecule has 3 aromatic rings. The van der Waals surface area contributed by atoms with Crippen molar-refractivity contribution in [3.63, 3.8) is 0 Å². The van der Waals surface area contributed by atoms with Crippen molar-refractivity contribution in [2.45, 2.75) is 23.8 Å². The van der Waals surface area contributed by atoms with E-state index in [4.69, 9.17) is 0 Å². The van der Waals surface area contributed by atoms with Crippen LogP contribution in [0.3, 0.4) is 0 Å². The zero-order valence-electron chi connectivity index (χ0n) is 15.7. The minimum Gasteiger partial charge on any atom is -0.343 e. The number of nitrogens with one attached hydrogen (secondary N) is 1. The van der Waals surface area contributed by atoms with Gasteiger partial charge >= 0.3 is 0 Å². The smallest absolute Gasteiger partial charge is 0.285 e. The van der Waals surface area contributed by atoms with E-state index in [1.807, 2.05) is 0 Å². The predicted molar refractivity (Wildman–Crippen MR) is 108 cm³/mol. The Morgan fingerprint density at radius 1 is 1.10 bits per heavy atom. The van der Waals surface area contributed by atoms with Crippen molar-refractivity contribution in [3.8, 4) is 5.69 Å². The van der Waals surface area contributed by atoms with E-state index in [9.17, 15) is 13.2 Å². The first-order chi connectivity index (χ1) is 14.5. The summed E-state index contributed by atoms with van der Waals surface area (Å²) in [5, 5.41) is 13.9. The second-order valence-corrected chi connectivity index (χ2v) is 8.60. The van der Waals surface area contributed by atoms with E-state index in [1.165, 1.54) is 11.0 Å². The number of amidine groups is 1. The Morgan fingerprint density at radius 3 is 2.67 bits per heavy atom. The van der Waals surface area contributed by atoms with Crippen molar-refractivity contribution in [1.29, 1.82) is 0 Å². The number of hydrogen-bond acceptors (Lipinski definition) is 7. The van der Waals surface area contributed by atoms with Gasteiger partial charge in [0.1, 0.15) is 17.3 Å². The Balaban J connectivity index is 1.36. The molecule has 1 N–H and O–H groups in total. The standard InChI is InChI=1S/C19H17N7O3S/c27-19(21-13-7-9-14(10-8-13)26-12-20-23-24-26)16-5-3-11-25(16)18-15-4-1-2-6-17(15)30(28,29)22-18/h1-2,4,6-10,12,16H,3,5,11H2,(H,21,27)/t16-/m1/s1. The zero-order chi connectivity index (χ0) is 20.7. The Labute approximate surface area is 172 Å². The normalized spacial score (nSPS) is 19.4. The molecule has 2 aliphatic heterocycles. The first-order valence-electron chi connectivity index (χ1n) is 9.38. The highest BCUT2D eigenvalue weighted by Crippen LogP contribution is 2.31. The maximum atomic E-state index is 13.0. The van der Waals surface area contributed by atoms with Crippen molar-refractivity contribution >= 4 is 27.5 Å². The summed E-state index contributed by atoms with van der Waals surface area (Å²) in [7, 11) is -3.73. The van der Waals surface area contributed by atoms with Crippen LogP contribution in [0.25, 0.3) is 5.69 Å². The van der Waals surface area contributed by atoms with Crippen LogP contribution in [0.2, 0.25) is 0 Å². The number of likely N-dealkylation sites (tertiary alicyclic amines) is 1. The van der Waals surface area contributed by atoms with Gasteiger partial charge in [0.15, 0.2) is 5.84 Å². The molecule has 2 aliphatic rings. The van der Waals surface area contributed by atoms with Crippen LogP contribution < -0.4 is 5.32 Å². The number of carbonyl (C=O) groups excluding carboxylic acids is 1. The van der Waals surface area contributed by atoms with Gasteiger partial charge in [-0.2, -0.15) is 8.42 Å². The second kappa shape index (κ2) is 7.02. The average molecular weight is 423 g/mol. The average Bonchev–Trinajstić information content (AvgIpc) is 3.48. The third kappa shape index (κ3) is 3.12. The molecule has 0 unspecified atom stereocenters. The molecule has 152 valence electrons. The number of sulfonamides is 1. The highest BCUT2D eigenvalue weighted by molar-refractivity contribution is 7.90. The molecule has 0 aliphatic carbocycles. The first kappa shape index (κ1) is 18.4. The number of nitrogens with zero attached hydrogens (tertiary/aromatic N) is 6. The molecule has 1 atom stereocenters. The van der Waals surface area contributed by atoms with Crippen LogP contribution in [0.4, 0.5) is 5.69 Å². The molecule has 0 radical (unpaired) electrons. The fourth-order valence-electron chi connectivity index (χ4n) is 3.79. The third-order valence-electron chi connectivity index (χ3n) is 5.19. The number of rotatable bonds is 3. The van der Waals surface area contributed by atoms with Crippen LogP contribution in [-0.4, -0.2) is 57.9 Å². The minimum atomic E-state index is -3.73. The van der Waals surface area contributed by atoms with E-state index < -0.39 is 16.1 Å². The lowest BCUT2D eigenvalue weighted by Gasteiger charge is -2.25. The number of aromatic nitrogens is 4. The quantitative estimate of drug-likeness (QED) is 0.672. The topological polar surface area (TPSA) is 122 Å². The van der Waals surface area contributed by atoms with Crippen LogP contribution in [0.5, 0.6) is 0 Å². The fourth-order valence-corrected chi connectivity index (χ4v) is 5.01. The number of tetrazole rings is 1. The molecule has 5 rings (SSSR count). The van der Waals surface area contributed by atoms with Crippen LogP contribution in [-0.2, 0) is 14.8 Å². The van der Waals surface area contributed by atoms with E-state index >= 15 is 0 Å². The van der Waals surface area contributed by atoms with Gasteiger partial charge < -0.3 is 10.2 Å². The van der Waals surface area contributed by atoms with Crippen LogP contribution >= 0.6 is 0 Å². The van der Waals surface area contributed by atoms with Crippen LogP contribution in [0.15, 0.2) is 64.2 Å². The highest BCUT2D eigenvalue weighted by atomic mass is 32.2. The van der Waals surface area contributed by atoms with Crippen molar-refractivity contribution in [2.24, 2.45) is 4.40 Å². The zero-order valence-corrected chi connectivity index (χ0v) is 16.5. The Bertz CT molecular complexity index is 1240. The predicted octanol–water partition coefficient (Wildman–Crippen LogP) is 1.21. The minimum absolute atomic E-state index is 0.184. The number of benzene rings is 2. The maximum absolute atomic E-state index is 13.0. The van der Waals surface area contributed by atoms with Gasteiger partial charge in [-0.1, -0.05) is 12.1 Å². The van der Waals surface area contributed by atoms with Gasteiger partial charge in [-0.05, 0) is 59.7 Å². The molecule has 10 nitrogen and oxygen atoms in total. The number of fused-ring (bicyclic) bond motifs is 1. The summed E-state index contributed by atoms with van der Waals surface area (Å²) in [4.78, 5) is 14.9. The SMILES string of the molecule is O=C(Nc1ccc(-n2cnnn2)cc1)[C@H]1CCCN1C1=NS(=O)(=O)c2ccccc21. The Hall–Kier alpha value is -3.60. The van der Waals surface area contributed by atoms with Gasteiger partial charge in [0.05, 0.1) is 5.69 Å². The molecule has 30 heavy (non-hydrogen) atoms. The molecule has 2 aromatic carbocycles. The van der Waals surface area contributed by atoms with E-state index in [0.29, 0.717) is 30.1 Å². The largest absolute Gasteiger partial charge is 0.343 e. The summed E-state index contributed by atoms with van der Waals surface area (Å²) >= 11 is 0. The van der Waals surface area contributed by atoms with Crippen molar-refractivity contribution in [2.75, 3.05) is 11.9 Å². The molecule has 1 aromatic heterocycles. The third-order valence-corrected chi connectivity index (χ3v) is 6.51. The lowest BCUT2D eigenvalue weighted by Crippen LogP contribution is -2.43. The van der Waals surface area contributed by atoms with E-state index in [2.05, 4.69) is 25.2 Å². The summed E-state index contributed by atoms with van der Waals surface area (Å²) in [5.41, 5.74) is 1.94. The van der Waals surface area contributed by atoms with Gasteiger partial charge in [0.25, 0.3) is 10.0 Å². The Kier molecular flexibility index (Phi) is 4.31. The lowest BCUT2D eigenvalue weighted by atomic mass is 10.1. The molecule has 3 heterocycles. The summed E-state index contributed by atoms with van der Waals surface area (Å²) < 4.78 is 30.3. The maximum Gasteiger partial charge on any atom is 0.285 e. The highest BCUT2D eigenvalue weighted by Gasteiger charge is 2.39. The molecule has 1 amide bonds. The number of anilines is 1. The van der Waals surface area contributed by atoms with Crippen LogP contribution in [0, 0.1) is 0 Å². The van der Waals surface area contributed by atoms with E-state index in [0.717, 1.165) is 12.1 Å². The lowest BCUT2D eigenvalue weighted by molar-refractivity contribution is -0.119. The van der Waals surface area contributed by atoms with Gasteiger partial charge in [-0.15, -0.1) is 9.50 Å². The summed E-state index contributed by atoms with van der Waals surface area (Å²) in [6.45, 7) is 0.568. The molecular weight excluding hydrogens is 406 g/mol. The molecule has 0 bridgehead atoms. The molecular formula is C19H17N7O3S. The van der Waals surface area contributed by atoms with E-state index in [-0.39, 0.29) is 10.8 Å². The Morgan fingerprint density at radius 2 is 1.90 bits per heavy atom. The van der Waals surface area contributed by atoms with Crippen molar-refractivity contribution < 1.29 is 13.2 Å². The second-order valence-electron chi connectivity index (χ2n) is 7.03. The van der Waals surface area contributed by atoms with Gasteiger partial charge in [-0.25, -0.2) is 4.68 Å².